The van der Waals surface area contributed by atoms with E-state index in [9.17, 15) is 9.59 Å². The molecule has 8 nitrogen and oxygen atoms in total. The van der Waals surface area contributed by atoms with E-state index in [1.165, 1.54) is 10.8 Å². The molecular formula is C19H18N6O2. The van der Waals surface area contributed by atoms with Gasteiger partial charge in [0.1, 0.15) is 5.82 Å². The van der Waals surface area contributed by atoms with Gasteiger partial charge in [-0.25, -0.2) is 9.97 Å². The Morgan fingerprint density at radius 3 is 2.78 bits per heavy atom. The van der Waals surface area contributed by atoms with E-state index in [0.717, 1.165) is 0 Å². The van der Waals surface area contributed by atoms with Crippen molar-refractivity contribution in [3.63, 3.8) is 0 Å². The van der Waals surface area contributed by atoms with Crippen LogP contribution in [-0.2, 0) is 7.05 Å². The van der Waals surface area contributed by atoms with Crippen LogP contribution in [0.3, 0.4) is 0 Å². The number of amides is 1. The highest BCUT2D eigenvalue weighted by atomic mass is 16.2. The molecule has 2 N–H and O–H groups in total. The standard InChI is InChI=1S/C19H18N6O2/c1-21-14(9-10-20)17-24-16-12(6-5-7-13(16)19(27)25(17)2)18(26)23-15-8-3-4-11-22-15/h3-8,10-11,20H,9H2,1-2H3,(H,22,23,26). The summed E-state index contributed by atoms with van der Waals surface area (Å²) in [5.41, 5.74) is 0.762. The molecule has 0 spiro atoms. The number of fused-ring (bicyclic) bond motifs is 1. The molecule has 2 heterocycles. The highest BCUT2D eigenvalue weighted by Gasteiger charge is 2.18. The van der Waals surface area contributed by atoms with Gasteiger partial charge in [-0.05, 0) is 24.3 Å². The Kier molecular flexibility index (Phi) is 5.16. The molecule has 0 saturated carbocycles. The Bertz CT molecular complexity index is 1100. The van der Waals surface area contributed by atoms with Crippen molar-refractivity contribution >= 4 is 34.6 Å². The van der Waals surface area contributed by atoms with Crippen molar-refractivity contribution in [1.29, 1.82) is 5.41 Å². The molecule has 1 aromatic carbocycles. The average Bonchev–Trinajstić information content (AvgIpc) is 2.69. The highest BCUT2D eigenvalue weighted by molar-refractivity contribution is 6.12. The summed E-state index contributed by atoms with van der Waals surface area (Å²) < 4.78 is 1.38. The number of pyridine rings is 1. The van der Waals surface area contributed by atoms with Crippen LogP contribution >= 0.6 is 0 Å². The third-order valence-electron chi connectivity index (χ3n) is 4.08. The van der Waals surface area contributed by atoms with Crippen LogP contribution in [0.15, 0.2) is 52.4 Å². The number of carbonyl (C=O) groups excluding carboxylic acids is 1. The van der Waals surface area contributed by atoms with Gasteiger partial charge in [0.05, 0.1) is 22.2 Å². The summed E-state index contributed by atoms with van der Waals surface area (Å²) >= 11 is 0. The van der Waals surface area contributed by atoms with Crippen molar-refractivity contribution in [2.75, 3.05) is 12.4 Å². The van der Waals surface area contributed by atoms with Gasteiger partial charge in [0.15, 0.2) is 5.82 Å². The number of anilines is 1. The topological polar surface area (TPSA) is 113 Å². The Morgan fingerprint density at radius 1 is 1.30 bits per heavy atom. The SMILES string of the molecule is CN=C(CC=N)c1nc2c(C(=O)Nc3ccccn3)cccc2c(=O)n1C. The summed E-state index contributed by atoms with van der Waals surface area (Å²) in [7, 11) is 3.18. The first-order chi connectivity index (χ1) is 13.1. The lowest BCUT2D eigenvalue weighted by Gasteiger charge is -2.12. The molecule has 0 radical (unpaired) electrons. The number of carbonyl (C=O) groups is 1. The summed E-state index contributed by atoms with van der Waals surface area (Å²) in [6.45, 7) is 0. The monoisotopic (exact) mass is 362 g/mol. The fourth-order valence-corrected chi connectivity index (χ4v) is 2.74. The molecule has 27 heavy (non-hydrogen) atoms. The van der Waals surface area contributed by atoms with Crippen LogP contribution in [0.4, 0.5) is 5.82 Å². The van der Waals surface area contributed by atoms with Gasteiger partial charge in [-0.2, -0.15) is 0 Å². The molecule has 136 valence electrons. The van der Waals surface area contributed by atoms with Crippen molar-refractivity contribution in [1.82, 2.24) is 14.5 Å². The number of nitrogens with one attached hydrogen (secondary N) is 2. The molecule has 0 saturated heterocycles. The zero-order chi connectivity index (χ0) is 19.4. The number of aliphatic imine (C=N–C) groups is 1. The van der Waals surface area contributed by atoms with Gasteiger partial charge in [0, 0.05) is 32.9 Å². The molecule has 8 heteroatoms. The zero-order valence-corrected chi connectivity index (χ0v) is 14.9. The van der Waals surface area contributed by atoms with E-state index in [1.54, 1.807) is 56.7 Å². The molecule has 0 aliphatic rings. The third-order valence-corrected chi connectivity index (χ3v) is 4.08. The molecule has 0 aliphatic heterocycles. The number of aromatic nitrogens is 3. The molecule has 0 aliphatic carbocycles. The van der Waals surface area contributed by atoms with E-state index in [4.69, 9.17) is 5.41 Å². The number of rotatable bonds is 5. The Balaban J connectivity index is 2.17. The van der Waals surface area contributed by atoms with E-state index < -0.39 is 5.91 Å². The van der Waals surface area contributed by atoms with Crippen molar-refractivity contribution in [3.05, 3.63) is 64.3 Å². The van der Waals surface area contributed by atoms with Crippen molar-refractivity contribution in [2.24, 2.45) is 12.0 Å². The molecule has 3 rings (SSSR count). The minimum absolute atomic E-state index is 0.241. The molecule has 2 aromatic heterocycles. The molecule has 0 atom stereocenters. The molecular weight excluding hydrogens is 344 g/mol. The Morgan fingerprint density at radius 2 is 2.11 bits per heavy atom. The second-order valence-corrected chi connectivity index (χ2v) is 5.75. The number of para-hydroxylation sites is 1. The predicted molar refractivity (Wildman–Crippen MR) is 105 cm³/mol. The first-order valence-corrected chi connectivity index (χ1v) is 8.24. The fraction of sp³-hybridized carbons (Fsp3) is 0.158. The van der Waals surface area contributed by atoms with Gasteiger partial charge in [-0.3, -0.25) is 19.1 Å². The van der Waals surface area contributed by atoms with Gasteiger partial charge in [-0.15, -0.1) is 0 Å². The summed E-state index contributed by atoms with van der Waals surface area (Å²) in [5, 5.41) is 10.4. The minimum Gasteiger partial charge on any atom is -0.313 e. The van der Waals surface area contributed by atoms with Crippen molar-refractivity contribution in [2.45, 2.75) is 6.42 Å². The van der Waals surface area contributed by atoms with Crippen LogP contribution in [0, 0.1) is 5.41 Å². The van der Waals surface area contributed by atoms with Crippen LogP contribution < -0.4 is 10.9 Å². The van der Waals surface area contributed by atoms with Crippen LogP contribution in [-0.4, -0.2) is 39.4 Å². The largest absolute Gasteiger partial charge is 0.313 e. The van der Waals surface area contributed by atoms with Gasteiger partial charge in [-0.1, -0.05) is 12.1 Å². The minimum atomic E-state index is -0.409. The Hall–Kier alpha value is -3.68. The first kappa shape index (κ1) is 18.1. The highest BCUT2D eigenvalue weighted by Crippen LogP contribution is 2.16. The van der Waals surface area contributed by atoms with Gasteiger partial charge in [0.2, 0.25) is 0 Å². The normalized spacial score (nSPS) is 11.4. The van der Waals surface area contributed by atoms with E-state index in [2.05, 4.69) is 20.3 Å². The lowest BCUT2D eigenvalue weighted by molar-refractivity contribution is 0.102. The lowest BCUT2D eigenvalue weighted by atomic mass is 10.1. The second kappa shape index (κ2) is 7.69. The number of hydrogen-bond donors (Lipinski definition) is 2. The summed E-state index contributed by atoms with van der Waals surface area (Å²) in [4.78, 5) is 38.3. The predicted octanol–water partition coefficient (Wildman–Crippen LogP) is 2.04. The van der Waals surface area contributed by atoms with E-state index in [0.29, 0.717) is 22.7 Å². The molecule has 0 fully saturated rings. The van der Waals surface area contributed by atoms with Gasteiger partial charge < -0.3 is 10.7 Å². The van der Waals surface area contributed by atoms with Crippen molar-refractivity contribution < 1.29 is 4.79 Å². The van der Waals surface area contributed by atoms with Crippen molar-refractivity contribution in [3.8, 4) is 0 Å². The molecule has 1 amide bonds. The molecule has 0 bridgehead atoms. The molecule has 3 aromatic rings. The fourth-order valence-electron chi connectivity index (χ4n) is 2.74. The summed E-state index contributed by atoms with van der Waals surface area (Å²) in [6, 6.07) is 10.1. The smallest absolute Gasteiger partial charge is 0.261 e. The van der Waals surface area contributed by atoms with Gasteiger partial charge >= 0.3 is 0 Å². The third kappa shape index (κ3) is 3.50. The maximum absolute atomic E-state index is 12.8. The average molecular weight is 362 g/mol. The van der Waals surface area contributed by atoms with E-state index in [1.807, 2.05) is 0 Å². The number of benzene rings is 1. The van der Waals surface area contributed by atoms with Gasteiger partial charge in [0.25, 0.3) is 11.5 Å². The van der Waals surface area contributed by atoms with E-state index >= 15 is 0 Å². The summed E-state index contributed by atoms with van der Waals surface area (Å²) in [6.07, 6.45) is 3.01. The van der Waals surface area contributed by atoms with E-state index in [-0.39, 0.29) is 23.1 Å². The van der Waals surface area contributed by atoms with Crippen LogP contribution in [0.1, 0.15) is 22.6 Å². The van der Waals surface area contributed by atoms with Crippen LogP contribution in [0.2, 0.25) is 0 Å². The molecule has 0 unspecified atom stereocenters. The van der Waals surface area contributed by atoms with Crippen LogP contribution in [0.25, 0.3) is 10.9 Å². The maximum Gasteiger partial charge on any atom is 0.261 e. The first-order valence-electron chi connectivity index (χ1n) is 8.24. The van der Waals surface area contributed by atoms with Crippen LogP contribution in [0.5, 0.6) is 0 Å². The second-order valence-electron chi connectivity index (χ2n) is 5.75. The number of nitrogens with zero attached hydrogens (tertiary/aromatic N) is 4. The number of hydrogen-bond acceptors (Lipinski definition) is 6. The maximum atomic E-state index is 12.8. The Labute approximate surface area is 155 Å². The zero-order valence-electron chi connectivity index (χ0n) is 14.9. The quantitative estimate of drug-likeness (QED) is 0.676. The lowest BCUT2D eigenvalue weighted by Crippen LogP contribution is -2.27. The summed E-state index contributed by atoms with van der Waals surface area (Å²) in [5.74, 6) is 0.327.